The predicted molar refractivity (Wildman–Crippen MR) is 83.1 cm³/mol. The summed E-state index contributed by atoms with van der Waals surface area (Å²) in [5.74, 6) is 0. The molecule has 0 bridgehead atoms. The van der Waals surface area contributed by atoms with Gasteiger partial charge < -0.3 is 5.32 Å². The minimum absolute atomic E-state index is 0.376. The molecule has 1 aromatic carbocycles. The molecule has 0 aliphatic heterocycles. The highest BCUT2D eigenvalue weighted by Crippen LogP contribution is 2.16. The second-order valence-corrected chi connectivity index (χ2v) is 7.11. The zero-order chi connectivity index (χ0) is 15.2. The fraction of sp³-hybridized carbons (Fsp3) is 0.600. The minimum Gasteiger partial charge on any atom is -0.310 e. The molecule has 0 saturated carbocycles. The molecular weight excluding hydrogens is 272 g/mol. The summed E-state index contributed by atoms with van der Waals surface area (Å²) in [6.45, 7) is 9.85. The van der Waals surface area contributed by atoms with Crippen molar-refractivity contribution in [2.24, 2.45) is 0 Å². The van der Waals surface area contributed by atoms with E-state index < -0.39 is 10.0 Å². The van der Waals surface area contributed by atoms with E-state index in [4.69, 9.17) is 0 Å². The van der Waals surface area contributed by atoms with Crippen molar-refractivity contribution in [3.63, 3.8) is 0 Å². The normalized spacial score (nSPS) is 12.3. The number of rotatable bonds is 8. The molecule has 114 valence electrons. The van der Waals surface area contributed by atoms with Gasteiger partial charge in [0.1, 0.15) is 0 Å². The maximum absolute atomic E-state index is 12.4. The highest BCUT2D eigenvalue weighted by molar-refractivity contribution is 7.89. The van der Waals surface area contributed by atoms with E-state index in [9.17, 15) is 8.42 Å². The Morgan fingerprint density at radius 2 is 1.75 bits per heavy atom. The van der Waals surface area contributed by atoms with Gasteiger partial charge in [-0.3, -0.25) is 0 Å². The van der Waals surface area contributed by atoms with Gasteiger partial charge in [0.15, 0.2) is 0 Å². The predicted octanol–water partition coefficient (Wildman–Crippen LogP) is 2.61. The molecule has 0 saturated heterocycles. The van der Waals surface area contributed by atoms with Crippen LogP contribution in [0.25, 0.3) is 0 Å². The highest BCUT2D eigenvalue weighted by Gasteiger charge is 2.21. The van der Waals surface area contributed by atoms with E-state index in [-0.39, 0.29) is 0 Å². The quantitative estimate of drug-likeness (QED) is 0.802. The molecule has 1 aromatic rings. The largest absolute Gasteiger partial charge is 0.310 e. The Hall–Kier alpha value is -0.910. The van der Waals surface area contributed by atoms with Crippen molar-refractivity contribution in [3.8, 4) is 0 Å². The molecule has 5 heteroatoms. The topological polar surface area (TPSA) is 49.4 Å². The first-order valence-electron chi connectivity index (χ1n) is 7.24. The smallest absolute Gasteiger partial charge is 0.243 e. The molecule has 0 radical (unpaired) electrons. The summed E-state index contributed by atoms with van der Waals surface area (Å²) in [4.78, 5) is 0.376. The van der Waals surface area contributed by atoms with Crippen LogP contribution in [0.1, 0.15) is 39.7 Å². The van der Waals surface area contributed by atoms with Crippen LogP contribution in [0, 0.1) is 0 Å². The van der Waals surface area contributed by atoms with Gasteiger partial charge in [0.2, 0.25) is 10.0 Å². The lowest BCUT2D eigenvalue weighted by Gasteiger charge is -2.19. The summed E-state index contributed by atoms with van der Waals surface area (Å²) in [5, 5.41) is 3.31. The van der Waals surface area contributed by atoms with E-state index in [2.05, 4.69) is 19.2 Å². The van der Waals surface area contributed by atoms with Gasteiger partial charge in [0.25, 0.3) is 0 Å². The van der Waals surface area contributed by atoms with E-state index in [1.807, 2.05) is 26.0 Å². The van der Waals surface area contributed by atoms with Gasteiger partial charge >= 0.3 is 0 Å². The van der Waals surface area contributed by atoms with Crippen LogP contribution in [-0.4, -0.2) is 31.9 Å². The average molecular weight is 298 g/mol. The molecule has 0 aliphatic rings. The summed E-state index contributed by atoms with van der Waals surface area (Å²) in [7, 11) is -3.35. The molecule has 1 N–H and O–H groups in total. The van der Waals surface area contributed by atoms with Crippen molar-refractivity contribution < 1.29 is 8.42 Å². The minimum atomic E-state index is -3.35. The van der Waals surface area contributed by atoms with Crippen LogP contribution in [0.2, 0.25) is 0 Å². The van der Waals surface area contributed by atoms with Crippen LogP contribution in [0.5, 0.6) is 0 Å². The Bertz CT molecular complexity index is 495. The molecule has 0 spiro atoms. The monoisotopic (exact) mass is 298 g/mol. The maximum atomic E-state index is 12.4. The Morgan fingerprint density at radius 3 is 2.20 bits per heavy atom. The first-order chi connectivity index (χ1) is 9.41. The first kappa shape index (κ1) is 17.1. The summed E-state index contributed by atoms with van der Waals surface area (Å²) < 4.78 is 26.4. The molecule has 0 fully saturated rings. The lowest BCUT2D eigenvalue weighted by molar-refractivity contribution is 0.427. The maximum Gasteiger partial charge on any atom is 0.243 e. The van der Waals surface area contributed by atoms with E-state index in [0.29, 0.717) is 24.0 Å². The average Bonchev–Trinajstić information content (AvgIpc) is 2.42. The van der Waals surface area contributed by atoms with Crippen molar-refractivity contribution in [2.45, 2.75) is 51.6 Å². The third-order valence-electron chi connectivity index (χ3n) is 3.10. The van der Waals surface area contributed by atoms with Gasteiger partial charge in [-0.05, 0) is 24.1 Å². The number of sulfonamides is 1. The molecule has 4 nitrogen and oxygen atoms in total. The fourth-order valence-electron chi connectivity index (χ4n) is 1.95. The van der Waals surface area contributed by atoms with Crippen LogP contribution in [-0.2, 0) is 16.6 Å². The van der Waals surface area contributed by atoms with E-state index in [1.54, 1.807) is 12.1 Å². The molecule has 1 rings (SSSR count). The van der Waals surface area contributed by atoms with E-state index in [0.717, 1.165) is 18.5 Å². The van der Waals surface area contributed by atoms with Gasteiger partial charge in [-0.15, -0.1) is 0 Å². The van der Waals surface area contributed by atoms with Gasteiger partial charge in [-0.1, -0.05) is 39.8 Å². The number of hydrogen-bond acceptors (Lipinski definition) is 3. The van der Waals surface area contributed by atoms with Crippen LogP contribution in [0.3, 0.4) is 0 Å². The van der Waals surface area contributed by atoms with Gasteiger partial charge in [0.05, 0.1) is 4.90 Å². The van der Waals surface area contributed by atoms with Crippen LogP contribution in [0.4, 0.5) is 0 Å². The van der Waals surface area contributed by atoms with E-state index >= 15 is 0 Å². The number of nitrogens with zero attached hydrogens (tertiary/aromatic N) is 1. The van der Waals surface area contributed by atoms with Crippen molar-refractivity contribution in [3.05, 3.63) is 29.8 Å². The van der Waals surface area contributed by atoms with Gasteiger partial charge in [0, 0.05) is 25.7 Å². The Labute approximate surface area is 123 Å². The molecule has 0 atom stereocenters. The van der Waals surface area contributed by atoms with E-state index in [1.165, 1.54) is 4.31 Å². The molecule has 0 amide bonds. The standard InChI is InChI=1S/C15H26N2O2S/c1-5-11-17(6-2)20(18,19)15-9-7-14(8-10-15)12-16-13(3)4/h7-10,13,16H,5-6,11-12H2,1-4H3. The van der Waals surface area contributed by atoms with Gasteiger partial charge in [-0.25, -0.2) is 8.42 Å². The molecule has 0 aromatic heterocycles. The lowest BCUT2D eigenvalue weighted by atomic mass is 10.2. The Morgan fingerprint density at radius 1 is 1.15 bits per heavy atom. The first-order valence-corrected chi connectivity index (χ1v) is 8.68. The fourth-order valence-corrected chi connectivity index (χ4v) is 3.49. The summed E-state index contributed by atoms with van der Waals surface area (Å²) in [6.07, 6.45) is 0.823. The van der Waals surface area contributed by atoms with Crippen molar-refractivity contribution in [1.29, 1.82) is 0 Å². The number of benzene rings is 1. The zero-order valence-corrected chi connectivity index (χ0v) is 13.7. The van der Waals surface area contributed by atoms with Crippen LogP contribution in [0.15, 0.2) is 29.2 Å². The van der Waals surface area contributed by atoms with Crippen LogP contribution >= 0.6 is 0 Å². The third kappa shape index (κ3) is 4.58. The molecular formula is C15H26N2O2S. The highest BCUT2D eigenvalue weighted by atomic mass is 32.2. The lowest BCUT2D eigenvalue weighted by Crippen LogP contribution is -2.31. The Balaban J connectivity index is 2.86. The molecule has 0 aliphatic carbocycles. The van der Waals surface area contributed by atoms with Crippen molar-refractivity contribution in [2.75, 3.05) is 13.1 Å². The van der Waals surface area contributed by atoms with Gasteiger partial charge in [-0.2, -0.15) is 4.31 Å². The SMILES string of the molecule is CCCN(CC)S(=O)(=O)c1ccc(CNC(C)C)cc1. The summed E-state index contributed by atoms with van der Waals surface area (Å²) in [5.41, 5.74) is 1.09. The third-order valence-corrected chi connectivity index (χ3v) is 5.09. The summed E-state index contributed by atoms with van der Waals surface area (Å²) >= 11 is 0. The second-order valence-electron chi connectivity index (χ2n) is 5.18. The summed E-state index contributed by atoms with van der Waals surface area (Å²) in [6, 6.07) is 7.57. The molecule has 0 heterocycles. The number of nitrogens with one attached hydrogen (secondary N) is 1. The molecule has 0 unspecified atom stereocenters. The molecule has 20 heavy (non-hydrogen) atoms. The van der Waals surface area contributed by atoms with Crippen LogP contribution < -0.4 is 5.32 Å². The Kier molecular flexibility index (Phi) is 6.65. The van der Waals surface area contributed by atoms with Crippen molar-refractivity contribution in [1.82, 2.24) is 9.62 Å². The van der Waals surface area contributed by atoms with Crippen molar-refractivity contribution >= 4 is 10.0 Å². The number of hydrogen-bond donors (Lipinski definition) is 1. The zero-order valence-electron chi connectivity index (χ0n) is 12.9. The second kappa shape index (κ2) is 7.76.